The maximum Gasteiger partial charge on any atom is 0.0249 e. The van der Waals surface area contributed by atoms with Gasteiger partial charge in [0.15, 0.2) is 0 Å². The number of rotatable bonds is 2. The Labute approximate surface area is 129 Å². The van der Waals surface area contributed by atoms with Crippen LogP contribution in [0, 0.1) is 11.3 Å². The van der Waals surface area contributed by atoms with Crippen molar-refractivity contribution in [2.75, 3.05) is 0 Å². The van der Waals surface area contributed by atoms with Gasteiger partial charge in [0, 0.05) is 20.7 Å². The van der Waals surface area contributed by atoms with Crippen LogP contribution < -0.4 is 5.73 Å². The minimum absolute atomic E-state index is 0.336. The Hall–Kier alpha value is 0.01000. The number of hydrogen-bond acceptors (Lipinski definition) is 2. The summed E-state index contributed by atoms with van der Waals surface area (Å²) < 4.78 is 1.15. The van der Waals surface area contributed by atoms with E-state index in [-0.39, 0.29) is 0 Å². The Bertz CT molecular complexity index is 427. The van der Waals surface area contributed by atoms with Gasteiger partial charge in [-0.2, -0.15) is 0 Å². The van der Waals surface area contributed by atoms with Crippen molar-refractivity contribution in [2.45, 2.75) is 56.2 Å². The van der Waals surface area contributed by atoms with Crippen molar-refractivity contribution in [3.63, 3.8) is 0 Å². The van der Waals surface area contributed by atoms with E-state index in [4.69, 9.17) is 5.73 Å². The van der Waals surface area contributed by atoms with E-state index in [2.05, 4.69) is 61.0 Å². The standard InChI is InChI=1S/C16H24BrNS/c1-16(2,3)11-7-8-14(18)15(9-11)19-13-6-4-5-12(17)10-13/h4-6,10-11,14-15H,7-9,18H2,1-3H3. The molecule has 0 heterocycles. The van der Waals surface area contributed by atoms with Crippen LogP contribution in [-0.4, -0.2) is 11.3 Å². The lowest BCUT2D eigenvalue weighted by atomic mass is 9.71. The summed E-state index contributed by atoms with van der Waals surface area (Å²) in [4.78, 5) is 1.32. The minimum atomic E-state index is 0.336. The van der Waals surface area contributed by atoms with Gasteiger partial charge in [-0.3, -0.25) is 0 Å². The van der Waals surface area contributed by atoms with E-state index in [9.17, 15) is 0 Å². The summed E-state index contributed by atoms with van der Waals surface area (Å²) in [6.07, 6.45) is 3.68. The molecule has 1 fully saturated rings. The van der Waals surface area contributed by atoms with Gasteiger partial charge in [-0.25, -0.2) is 0 Å². The first kappa shape index (κ1) is 15.4. The molecule has 0 aromatic heterocycles. The lowest BCUT2D eigenvalue weighted by Crippen LogP contribution is -2.41. The van der Waals surface area contributed by atoms with Crippen molar-refractivity contribution in [3.8, 4) is 0 Å². The highest BCUT2D eigenvalue weighted by atomic mass is 79.9. The van der Waals surface area contributed by atoms with E-state index >= 15 is 0 Å². The van der Waals surface area contributed by atoms with Crippen LogP contribution in [0.3, 0.4) is 0 Å². The van der Waals surface area contributed by atoms with Gasteiger partial charge >= 0.3 is 0 Å². The van der Waals surface area contributed by atoms with Crippen LogP contribution in [0.4, 0.5) is 0 Å². The van der Waals surface area contributed by atoms with Crippen LogP contribution in [0.15, 0.2) is 33.6 Å². The Balaban J connectivity index is 2.05. The molecule has 2 N–H and O–H groups in total. The summed E-state index contributed by atoms with van der Waals surface area (Å²) >= 11 is 5.49. The molecule has 0 aliphatic heterocycles. The second kappa shape index (κ2) is 6.19. The molecule has 0 saturated heterocycles. The molecule has 0 spiro atoms. The molecule has 3 atom stereocenters. The second-order valence-electron chi connectivity index (χ2n) is 6.65. The first-order valence-corrected chi connectivity index (χ1v) is 8.71. The van der Waals surface area contributed by atoms with Crippen LogP contribution in [0.1, 0.15) is 40.0 Å². The number of nitrogens with two attached hydrogens (primary N) is 1. The molecule has 1 aliphatic rings. The van der Waals surface area contributed by atoms with E-state index in [1.807, 2.05) is 11.8 Å². The van der Waals surface area contributed by atoms with E-state index in [1.54, 1.807) is 0 Å². The van der Waals surface area contributed by atoms with Gasteiger partial charge in [0.1, 0.15) is 0 Å². The fraction of sp³-hybridized carbons (Fsp3) is 0.625. The highest BCUT2D eigenvalue weighted by Gasteiger charge is 2.34. The second-order valence-corrected chi connectivity index (χ2v) is 8.88. The number of thioether (sulfide) groups is 1. The van der Waals surface area contributed by atoms with Crippen molar-refractivity contribution in [1.82, 2.24) is 0 Å². The maximum atomic E-state index is 6.34. The molecule has 0 radical (unpaired) electrons. The summed E-state index contributed by atoms with van der Waals surface area (Å²) in [5.74, 6) is 0.789. The first-order valence-electron chi connectivity index (χ1n) is 7.04. The molecule has 1 nitrogen and oxygen atoms in total. The number of hydrogen-bond donors (Lipinski definition) is 1. The topological polar surface area (TPSA) is 26.0 Å². The zero-order valence-corrected chi connectivity index (χ0v) is 14.4. The van der Waals surface area contributed by atoms with Crippen LogP contribution in [0.5, 0.6) is 0 Å². The fourth-order valence-corrected chi connectivity index (χ4v) is 4.68. The third-order valence-electron chi connectivity index (χ3n) is 4.15. The molecule has 1 saturated carbocycles. The molecule has 1 aromatic carbocycles. The van der Waals surface area contributed by atoms with Gasteiger partial charge in [-0.15, -0.1) is 11.8 Å². The molecular formula is C16H24BrNS. The van der Waals surface area contributed by atoms with Crippen molar-refractivity contribution in [3.05, 3.63) is 28.7 Å². The molecule has 3 heteroatoms. The molecule has 1 aliphatic carbocycles. The van der Waals surface area contributed by atoms with Crippen molar-refractivity contribution in [2.24, 2.45) is 17.1 Å². The predicted octanol–water partition coefficient (Wildman–Crippen LogP) is 5.08. The zero-order valence-electron chi connectivity index (χ0n) is 12.0. The molecule has 3 unspecified atom stereocenters. The smallest absolute Gasteiger partial charge is 0.0249 e. The number of benzene rings is 1. The molecule has 0 amide bonds. The third-order valence-corrected chi connectivity index (χ3v) is 6.02. The van der Waals surface area contributed by atoms with Crippen molar-refractivity contribution < 1.29 is 0 Å². The van der Waals surface area contributed by atoms with Crippen LogP contribution in [0.25, 0.3) is 0 Å². The zero-order chi connectivity index (χ0) is 14.0. The summed E-state index contributed by atoms with van der Waals surface area (Å²) in [5, 5.41) is 0.548. The average Bonchev–Trinajstić information content (AvgIpc) is 2.30. The third kappa shape index (κ3) is 4.24. The molecule has 106 valence electrons. The average molecular weight is 342 g/mol. The monoisotopic (exact) mass is 341 g/mol. The summed E-state index contributed by atoms with van der Waals surface area (Å²) in [7, 11) is 0. The maximum absolute atomic E-state index is 6.34. The van der Waals surface area contributed by atoms with Crippen LogP contribution in [-0.2, 0) is 0 Å². The number of halogens is 1. The van der Waals surface area contributed by atoms with Gasteiger partial charge in [0.2, 0.25) is 0 Å². The van der Waals surface area contributed by atoms with E-state index in [1.165, 1.54) is 17.7 Å². The van der Waals surface area contributed by atoms with E-state index in [0.29, 0.717) is 16.7 Å². The van der Waals surface area contributed by atoms with E-state index in [0.717, 1.165) is 16.8 Å². The van der Waals surface area contributed by atoms with Gasteiger partial charge in [0.05, 0.1) is 0 Å². The summed E-state index contributed by atoms with van der Waals surface area (Å²) in [6.45, 7) is 7.07. The van der Waals surface area contributed by atoms with Crippen molar-refractivity contribution >= 4 is 27.7 Å². The minimum Gasteiger partial charge on any atom is -0.327 e. The van der Waals surface area contributed by atoms with Gasteiger partial charge < -0.3 is 5.73 Å². The summed E-state index contributed by atoms with van der Waals surface area (Å²) in [5.41, 5.74) is 6.74. The van der Waals surface area contributed by atoms with Gasteiger partial charge in [0.25, 0.3) is 0 Å². The Morgan fingerprint density at radius 3 is 2.63 bits per heavy atom. The molecule has 0 bridgehead atoms. The lowest BCUT2D eigenvalue weighted by molar-refractivity contribution is 0.174. The first-order chi connectivity index (χ1) is 8.86. The molecule has 19 heavy (non-hydrogen) atoms. The largest absolute Gasteiger partial charge is 0.327 e. The Kier molecular flexibility index (Phi) is 5.02. The highest BCUT2D eigenvalue weighted by Crippen LogP contribution is 2.43. The van der Waals surface area contributed by atoms with Crippen LogP contribution >= 0.6 is 27.7 Å². The summed E-state index contributed by atoms with van der Waals surface area (Å²) in [6, 6.07) is 8.88. The van der Waals surface area contributed by atoms with E-state index < -0.39 is 0 Å². The quantitative estimate of drug-likeness (QED) is 0.811. The van der Waals surface area contributed by atoms with Crippen LogP contribution in [0.2, 0.25) is 0 Å². The highest BCUT2D eigenvalue weighted by molar-refractivity contribution is 9.10. The molecular weight excluding hydrogens is 318 g/mol. The van der Waals surface area contributed by atoms with Gasteiger partial charge in [-0.1, -0.05) is 42.8 Å². The predicted molar refractivity (Wildman–Crippen MR) is 88.6 cm³/mol. The molecule has 2 rings (SSSR count). The Morgan fingerprint density at radius 2 is 2.00 bits per heavy atom. The SMILES string of the molecule is CC(C)(C)C1CCC(N)C(Sc2cccc(Br)c2)C1. The lowest BCUT2D eigenvalue weighted by Gasteiger charge is -2.40. The Morgan fingerprint density at radius 1 is 1.26 bits per heavy atom. The van der Waals surface area contributed by atoms with Crippen molar-refractivity contribution in [1.29, 1.82) is 0 Å². The molecule has 1 aromatic rings. The fourth-order valence-electron chi connectivity index (χ4n) is 2.79. The van der Waals surface area contributed by atoms with Gasteiger partial charge in [-0.05, 0) is 48.8 Å². The normalized spacial score (nSPS) is 28.4.